The van der Waals surface area contributed by atoms with Gasteiger partial charge in [0.05, 0.1) is 0 Å². The van der Waals surface area contributed by atoms with Gasteiger partial charge >= 0.3 is 0 Å². The Bertz CT molecular complexity index is 262. The maximum absolute atomic E-state index is 4.35. The van der Waals surface area contributed by atoms with Crippen LogP contribution in [0.5, 0.6) is 0 Å². The zero-order valence-electron chi connectivity index (χ0n) is 8.68. The van der Waals surface area contributed by atoms with Crippen LogP contribution in [0.2, 0.25) is 0 Å². The molecule has 0 fully saturated rings. The molecule has 0 N–H and O–H groups in total. The van der Waals surface area contributed by atoms with Crippen molar-refractivity contribution in [1.82, 2.24) is 14.8 Å². The van der Waals surface area contributed by atoms with Gasteiger partial charge in [0.1, 0.15) is 6.33 Å². The molecule has 3 nitrogen and oxygen atoms in total. The molecule has 1 unspecified atom stereocenters. The van der Waals surface area contributed by atoms with Crippen LogP contribution in [0.15, 0.2) is 11.5 Å². The van der Waals surface area contributed by atoms with Crippen LogP contribution in [0, 0.1) is 5.92 Å². The molecule has 14 heavy (non-hydrogen) atoms. The molecule has 0 saturated heterocycles. The predicted molar refractivity (Wildman–Crippen MR) is 64.0 cm³/mol. The molecule has 0 radical (unpaired) electrons. The number of hydrogen-bond acceptors (Lipinski definition) is 4. The van der Waals surface area contributed by atoms with E-state index >= 15 is 0 Å². The first-order valence-electron chi connectivity index (χ1n) is 4.85. The molecule has 1 atom stereocenters. The van der Waals surface area contributed by atoms with Gasteiger partial charge in [-0.15, -0.1) is 0 Å². The summed E-state index contributed by atoms with van der Waals surface area (Å²) in [4.78, 5) is 4.17. The highest BCUT2D eigenvalue weighted by Gasteiger charge is 2.08. The molecular weight excluding hydrogens is 214 g/mol. The molecular formula is C9H17N3S2. The monoisotopic (exact) mass is 231 g/mol. The Hall–Kier alpha value is -0.160. The molecule has 0 spiro atoms. The van der Waals surface area contributed by atoms with Crippen LogP contribution in [-0.2, 0) is 7.05 Å². The molecule has 0 aliphatic rings. The first kappa shape index (κ1) is 11.9. The topological polar surface area (TPSA) is 30.7 Å². The van der Waals surface area contributed by atoms with Gasteiger partial charge in [-0.3, -0.25) is 0 Å². The second-order valence-corrected chi connectivity index (χ2v) is 4.67. The number of nitrogens with zero attached hydrogens (tertiary/aromatic N) is 3. The van der Waals surface area contributed by atoms with E-state index in [4.69, 9.17) is 0 Å². The van der Waals surface area contributed by atoms with Crippen LogP contribution in [0.25, 0.3) is 0 Å². The summed E-state index contributed by atoms with van der Waals surface area (Å²) < 4.78 is 1.81. The van der Waals surface area contributed by atoms with E-state index in [1.807, 2.05) is 11.7 Å². The maximum atomic E-state index is 4.35. The normalized spacial score (nSPS) is 13.1. The van der Waals surface area contributed by atoms with Crippen molar-refractivity contribution in [3.05, 3.63) is 6.33 Å². The third-order valence-electron chi connectivity index (χ3n) is 2.07. The second-order valence-electron chi connectivity index (χ2n) is 3.31. The molecule has 0 saturated carbocycles. The third-order valence-corrected chi connectivity index (χ3v) is 3.86. The van der Waals surface area contributed by atoms with Crippen LogP contribution in [0.4, 0.5) is 0 Å². The summed E-state index contributed by atoms with van der Waals surface area (Å²) in [5, 5.41) is 5.03. The van der Waals surface area contributed by atoms with Crippen molar-refractivity contribution in [2.24, 2.45) is 13.0 Å². The summed E-state index contributed by atoms with van der Waals surface area (Å²) in [6.45, 7) is 2.21. The molecule has 0 aliphatic heterocycles. The standard InChI is InChI=1S/C9H17N3S2/c1-3-4-8(5-13)6-14-9-10-7-11-12(9)2/h7-8,13H,3-6H2,1-2H3. The third kappa shape index (κ3) is 3.53. The highest BCUT2D eigenvalue weighted by molar-refractivity contribution is 7.99. The van der Waals surface area contributed by atoms with Gasteiger partial charge in [-0.25, -0.2) is 9.67 Å². The lowest BCUT2D eigenvalue weighted by Gasteiger charge is -2.11. The lowest BCUT2D eigenvalue weighted by Crippen LogP contribution is -2.06. The average Bonchev–Trinajstić information content (AvgIpc) is 2.59. The quantitative estimate of drug-likeness (QED) is 0.602. The van der Waals surface area contributed by atoms with Gasteiger partial charge in [-0.2, -0.15) is 17.7 Å². The number of rotatable bonds is 6. The van der Waals surface area contributed by atoms with E-state index in [1.54, 1.807) is 18.1 Å². The minimum Gasteiger partial charge on any atom is -0.244 e. The van der Waals surface area contributed by atoms with Gasteiger partial charge in [-0.05, 0) is 18.1 Å². The van der Waals surface area contributed by atoms with Crippen molar-refractivity contribution in [1.29, 1.82) is 0 Å². The summed E-state index contributed by atoms with van der Waals surface area (Å²) in [5.41, 5.74) is 0. The van der Waals surface area contributed by atoms with Gasteiger partial charge in [0.15, 0.2) is 5.16 Å². The van der Waals surface area contributed by atoms with Crippen LogP contribution in [0.3, 0.4) is 0 Å². The molecule has 0 amide bonds. The summed E-state index contributed by atoms with van der Waals surface area (Å²) >= 11 is 6.12. The first-order valence-corrected chi connectivity index (χ1v) is 6.47. The largest absolute Gasteiger partial charge is 0.244 e. The Morgan fingerprint density at radius 3 is 2.93 bits per heavy atom. The fraction of sp³-hybridized carbons (Fsp3) is 0.778. The summed E-state index contributed by atoms with van der Waals surface area (Å²) in [6.07, 6.45) is 4.07. The van der Waals surface area contributed by atoms with Crippen molar-refractivity contribution in [2.75, 3.05) is 11.5 Å². The van der Waals surface area contributed by atoms with Gasteiger partial charge in [0.25, 0.3) is 0 Å². The van der Waals surface area contributed by atoms with Gasteiger partial charge < -0.3 is 0 Å². The van der Waals surface area contributed by atoms with E-state index in [2.05, 4.69) is 29.6 Å². The van der Waals surface area contributed by atoms with E-state index in [-0.39, 0.29) is 0 Å². The number of aromatic nitrogens is 3. The average molecular weight is 231 g/mol. The second kappa shape index (κ2) is 6.35. The lowest BCUT2D eigenvalue weighted by molar-refractivity contribution is 0.593. The molecule has 1 aromatic rings. The molecule has 5 heteroatoms. The summed E-state index contributed by atoms with van der Waals surface area (Å²) in [7, 11) is 1.92. The fourth-order valence-electron chi connectivity index (χ4n) is 1.24. The molecule has 0 aliphatic carbocycles. The van der Waals surface area contributed by atoms with Gasteiger partial charge in [0, 0.05) is 12.8 Å². The highest BCUT2D eigenvalue weighted by atomic mass is 32.2. The molecule has 0 bridgehead atoms. The Kier molecular flexibility index (Phi) is 5.40. The molecule has 0 aromatic carbocycles. The maximum Gasteiger partial charge on any atom is 0.185 e. The minimum absolute atomic E-state index is 0.685. The zero-order valence-corrected chi connectivity index (χ0v) is 10.4. The van der Waals surface area contributed by atoms with Crippen LogP contribution < -0.4 is 0 Å². The van der Waals surface area contributed by atoms with Crippen molar-refractivity contribution < 1.29 is 0 Å². The van der Waals surface area contributed by atoms with Gasteiger partial charge in [-0.1, -0.05) is 25.1 Å². The predicted octanol–water partition coefficient (Wildman–Crippen LogP) is 2.25. The molecule has 80 valence electrons. The van der Waals surface area contributed by atoms with Crippen molar-refractivity contribution in [3.8, 4) is 0 Å². The molecule has 1 rings (SSSR count). The summed E-state index contributed by atoms with van der Waals surface area (Å²) in [6, 6.07) is 0. The summed E-state index contributed by atoms with van der Waals surface area (Å²) in [5.74, 6) is 2.73. The van der Waals surface area contributed by atoms with Gasteiger partial charge in [0.2, 0.25) is 0 Å². The van der Waals surface area contributed by atoms with Crippen LogP contribution in [-0.4, -0.2) is 26.3 Å². The number of aryl methyl sites for hydroxylation is 1. The van der Waals surface area contributed by atoms with Crippen molar-refractivity contribution in [3.63, 3.8) is 0 Å². The highest BCUT2D eigenvalue weighted by Crippen LogP contribution is 2.20. The zero-order chi connectivity index (χ0) is 10.4. The number of hydrogen-bond donors (Lipinski definition) is 1. The SMILES string of the molecule is CCCC(CS)CSc1ncnn1C. The Labute approximate surface area is 95.1 Å². The van der Waals surface area contributed by atoms with Crippen LogP contribution >= 0.6 is 24.4 Å². The number of thiol groups is 1. The Morgan fingerprint density at radius 2 is 2.43 bits per heavy atom. The Balaban J connectivity index is 2.35. The van der Waals surface area contributed by atoms with E-state index in [9.17, 15) is 0 Å². The van der Waals surface area contributed by atoms with E-state index in [0.29, 0.717) is 5.92 Å². The lowest BCUT2D eigenvalue weighted by atomic mass is 10.1. The number of thioether (sulfide) groups is 1. The van der Waals surface area contributed by atoms with Crippen molar-refractivity contribution in [2.45, 2.75) is 24.9 Å². The van der Waals surface area contributed by atoms with E-state index in [0.717, 1.165) is 16.7 Å². The smallest absolute Gasteiger partial charge is 0.185 e. The van der Waals surface area contributed by atoms with E-state index in [1.165, 1.54) is 12.8 Å². The Morgan fingerprint density at radius 1 is 1.64 bits per heavy atom. The minimum atomic E-state index is 0.685. The van der Waals surface area contributed by atoms with E-state index < -0.39 is 0 Å². The van der Waals surface area contributed by atoms with Crippen LogP contribution in [0.1, 0.15) is 19.8 Å². The van der Waals surface area contributed by atoms with Crippen molar-refractivity contribution >= 4 is 24.4 Å². The fourth-order valence-corrected chi connectivity index (χ4v) is 2.76. The molecule has 1 heterocycles. The first-order chi connectivity index (χ1) is 6.77. The molecule has 1 aromatic heterocycles.